The van der Waals surface area contributed by atoms with E-state index in [1.165, 1.54) is 25.7 Å². The number of likely N-dealkylation sites (N-methyl/N-ethyl adjacent to an activating group) is 1. The molecular formula is C11H23NO. The molecule has 0 aromatic rings. The quantitative estimate of drug-likeness (QED) is 0.725. The first kappa shape index (κ1) is 11.0. The van der Waals surface area contributed by atoms with Crippen LogP contribution in [0.15, 0.2) is 0 Å². The maximum Gasteiger partial charge on any atom is 0.0777 e. The van der Waals surface area contributed by atoms with Crippen molar-refractivity contribution in [2.45, 2.75) is 51.2 Å². The molecule has 13 heavy (non-hydrogen) atoms. The SMILES string of the molecule is CNC(C1CCCC1)C(C)(C)OC. The monoisotopic (exact) mass is 185 g/mol. The molecule has 2 nitrogen and oxygen atoms in total. The van der Waals surface area contributed by atoms with Crippen LogP contribution in [0.25, 0.3) is 0 Å². The first-order chi connectivity index (χ1) is 6.11. The smallest absolute Gasteiger partial charge is 0.0777 e. The minimum Gasteiger partial charge on any atom is -0.377 e. The lowest BCUT2D eigenvalue weighted by Crippen LogP contribution is -2.50. The fourth-order valence-electron chi connectivity index (χ4n) is 2.57. The molecule has 0 aliphatic heterocycles. The zero-order chi connectivity index (χ0) is 9.90. The molecule has 0 radical (unpaired) electrons. The molecule has 1 rings (SSSR count). The largest absolute Gasteiger partial charge is 0.377 e. The Kier molecular flexibility index (Phi) is 3.74. The van der Waals surface area contributed by atoms with Gasteiger partial charge in [-0.2, -0.15) is 0 Å². The summed E-state index contributed by atoms with van der Waals surface area (Å²) in [6, 6.07) is 0.500. The van der Waals surface area contributed by atoms with Crippen LogP contribution in [0.2, 0.25) is 0 Å². The molecule has 0 spiro atoms. The van der Waals surface area contributed by atoms with Crippen LogP contribution in [-0.2, 0) is 4.74 Å². The van der Waals surface area contributed by atoms with Crippen molar-refractivity contribution in [3.8, 4) is 0 Å². The van der Waals surface area contributed by atoms with Gasteiger partial charge in [-0.05, 0) is 39.7 Å². The molecule has 0 amide bonds. The van der Waals surface area contributed by atoms with Crippen molar-refractivity contribution in [2.75, 3.05) is 14.2 Å². The average molecular weight is 185 g/mol. The third-order valence-corrected chi connectivity index (χ3v) is 3.46. The molecule has 0 aromatic carbocycles. The Morgan fingerprint density at radius 3 is 2.23 bits per heavy atom. The number of methoxy groups -OCH3 is 1. The zero-order valence-electron chi connectivity index (χ0n) is 9.39. The highest BCUT2D eigenvalue weighted by Gasteiger charge is 2.35. The molecular weight excluding hydrogens is 162 g/mol. The second-order valence-corrected chi connectivity index (χ2v) is 4.62. The predicted molar refractivity (Wildman–Crippen MR) is 55.9 cm³/mol. The molecule has 2 heteroatoms. The van der Waals surface area contributed by atoms with Gasteiger partial charge in [0.05, 0.1) is 5.60 Å². The Balaban J connectivity index is 2.59. The molecule has 1 atom stereocenters. The number of ether oxygens (including phenoxy) is 1. The molecule has 1 saturated carbocycles. The van der Waals surface area contributed by atoms with Crippen molar-refractivity contribution in [1.29, 1.82) is 0 Å². The van der Waals surface area contributed by atoms with E-state index < -0.39 is 0 Å². The van der Waals surface area contributed by atoms with Crippen LogP contribution in [0, 0.1) is 5.92 Å². The van der Waals surface area contributed by atoms with Gasteiger partial charge in [-0.25, -0.2) is 0 Å². The van der Waals surface area contributed by atoms with E-state index in [2.05, 4.69) is 19.2 Å². The Morgan fingerprint density at radius 1 is 1.31 bits per heavy atom. The molecule has 1 fully saturated rings. The fourth-order valence-corrected chi connectivity index (χ4v) is 2.57. The summed E-state index contributed by atoms with van der Waals surface area (Å²) < 4.78 is 5.54. The second-order valence-electron chi connectivity index (χ2n) is 4.62. The van der Waals surface area contributed by atoms with Gasteiger partial charge in [0.1, 0.15) is 0 Å². The van der Waals surface area contributed by atoms with Crippen LogP contribution >= 0.6 is 0 Å². The average Bonchev–Trinajstić information content (AvgIpc) is 2.58. The highest BCUT2D eigenvalue weighted by molar-refractivity contribution is 4.91. The summed E-state index contributed by atoms with van der Waals surface area (Å²) in [6.45, 7) is 4.35. The van der Waals surface area contributed by atoms with Gasteiger partial charge >= 0.3 is 0 Å². The maximum atomic E-state index is 5.54. The van der Waals surface area contributed by atoms with Crippen molar-refractivity contribution in [1.82, 2.24) is 5.32 Å². The van der Waals surface area contributed by atoms with Crippen molar-refractivity contribution >= 4 is 0 Å². The lowest BCUT2D eigenvalue weighted by molar-refractivity contribution is -0.0247. The Hall–Kier alpha value is -0.0800. The molecule has 1 unspecified atom stereocenters. The highest BCUT2D eigenvalue weighted by atomic mass is 16.5. The second kappa shape index (κ2) is 4.43. The normalized spacial score (nSPS) is 22.2. The minimum absolute atomic E-state index is 0.0379. The van der Waals surface area contributed by atoms with Crippen LogP contribution < -0.4 is 5.32 Å². The summed E-state index contributed by atoms with van der Waals surface area (Å²) in [5.41, 5.74) is -0.0379. The minimum atomic E-state index is -0.0379. The summed E-state index contributed by atoms with van der Waals surface area (Å²) >= 11 is 0. The van der Waals surface area contributed by atoms with Crippen molar-refractivity contribution in [2.24, 2.45) is 5.92 Å². The van der Waals surface area contributed by atoms with E-state index in [4.69, 9.17) is 4.74 Å². The molecule has 78 valence electrons. The third-order valence-electron chi connectivity index (χ3n) is 3.46. The van der Waals surface area contributed by atoms with E-state index in [1.54, 1.807) is 7.11 Å². The first-order valence-corrected chi connectivity index (χ1v) is 5.34. The summed E-state index contributed by atoms with van der Waals surface area (Å²) in [7, 11) is 3.85. The first-order valence-electron chi connectivity index (χ1n) is 5.34. The lowest BCUT2D eigenvalue weighted by Gasteiger charge is -2.37. The number of hydrogen-bond donors (Lipinski definition) is 1. The van der Waals surface area contributed by atoms with E-state index in [1.807, 2.05) is 7.05 Å². The van der Waals surface area contributed by atoms with Gasteiger partial charge in [-0.1, -0.05) is 12.8 Å². The summed E-state index contributed by atoms with van der Waals surface area (Å²) in [5.74, 6) is 0.806. The van der Waals surface area contributed by atoms with Crippen LogP contribution in [0.4, 0.5) is 0 Å². The van der Waals surface area contributed by atoms with Crippen LogP contribution in [0.1, 0.15) is 39.5 Å². The number of hydrogen-bond acceptors (Lipinski definition) is 2. The summed E-state index contributed by atoms with van der Waals surface area (Å²) in [4.78, 5) is 0. The predicted octanol–water partition coefficient (Wildman–Crippen LogP) is 2.19. The van der Waals surface area contributed by atoms with E-state index in [0.717, 1.165) is 5.92 Å². The van der Waals surface area contributed by atoms with Crippen LogP contribution in [0.5, 0.6) is 0 Å². The van der Waals surface area contributed by atoms with Crippen molar-refractivity contribution < 1.29 is 4.74 Å². The van der Waals surface area contributed by atoms with Crippen LogP contribution in [0.3, 0.4) is 0 Å². The standard InChI is InChI=1S/C11H23NO/c1-11(2,13-4)10(12-3)9-7-5-6-8-9/h9-10,12H,5-8H2,1-4H3. The fraction of sp³-hybridized carbons (Fsp3) is 1.00. The highest BCUT2D eigenvalue weighted by Crippen LogP contribution is 2.33. The Morgan fingerprint density at radius 2 is 1.85 bits per heavy atom. The van der Waals surface area contributed by atoms with E-state index in [-0.39, 0.29) is 5.60 Å². The topological polar surface area (TPSA) is 21.3 Å². The van der Waals surface area contributed by atoms with Gasteiger partial charge in [-0.15, -0.1) is 0 Å². The lowest BCUT2D eigenvalue weighted by atomic mass is 9.86. The molecule has 0 saturated heterocycles. The van der Waals surface area contributed by atoms with E-state index in [0.29, 0.717) is 6.04 Å². The number of nitrogens with one attached hydrogen (secondary N) is 1. The van der Waals surface area contributed by atoms with Gasteiger partial charge in [0.15, 0.2) is 0 Å². The molecule has 1 N–H and O–H groups in total. The van der Waals surface area contributed by atoms with Gasteiger partial charge in [0, 0.05) is 13.2 Å². The molecule has 1 aliphatic rings. The van der Waals surface area contributed by atoms with Crippen molar-refractivity contribution in [3.05, 3.63) is 0 Å². The van der Waals surface area contributed by atoms with Crippen LogP contribution in [-0.4, -0.2) is 25.8 Å². The summed E-state index contributed by atoms with van der Waals surface area (Å²) in [5, 5.41) is 3.41. The number of rotatable bonds is 4. The van der Waals surface area contributed by atoms with E-state index in [9.17, 15) is 0 Å². The Bertz CT molecular complexity index is 150. The van der Waals surface area contributed by atoms with Gasteiger partial charge in [0.2, 0.25) is 0 Å². The van der Waals surface area contributed by atoms with E-state index >= 15 is 0 Å². The molecule has 0 heterocycles. The molecule has 0 aromatic heterocycles. The van der Waals surface area contributed by atoms with Gasteiger partial charge < -0.3 is 10.1 Å². The van der Waals surface area contributed by atoms with Gasteiger partial charge in [-0.3, -0.25) is 0 Å². The molecule has 1 aliphatic carbocycles. The third kappa shape index (κ3) is 2.44. The zero-order valence-corrected chi connectivity index (χ0v) is 9.39. The Labute approximate surface area is 82.0 Å². The van der Waals surface area contributed by atoms with Crippen molar-refractivity contribution in [3.63, 3.8) is 0 Å². The molecule has 0 bridgehead atoms. The maximum absolute atomic E-state index is 5.54. The summed E-state index contributed by atoms with van der Waals surface area (Å²) in [6.07, 6.45) is 5.50. The van der Waals surface area contributed by atoms with Gasteiger partial charge in [0.25, 0.3) is 0 Å².